The van der Waals surface area contributed by atoms with Crippen LogP contribution in [0.4, 0.5) is 5.69 Å². The van der Waals surface area contributed by atoms with Gasteiger partial charge in [-0.3, -0.25) is 0 Å². The number of hydrogen-bond acceptors (Lipinski definition) is 2. The number of rotatable bonds is 4. The Labute approximate surface area is 132 Å². The second-order valence-electron chi connectivity index (χ2n) is 4.95. The first-order valence-corrected chi connectivity index (χ1v) is 7.72. The normalized spacial score (nSPS) is 11.0. The molecule has 0 radical (unpaired) electrons. The predicted molar refractivity (Wildman–Crippen MR) is 90.8 cm³/mol. The molecule has 1 aromatic heterocycles. The predicted octanol–water partition coefficient (Wildman–Crippen LogP) is 4.43. The number of nitrogen functional groups attached to an aromatic ring is 1. The van der Waals surface area contributed by atoms with Crippen LogP contribution in [0.1, 0.15) is 12.5 Å². The molecule has 21 heavy (non-hydrogen) atoms. The second kappa shape index (κ2) is 5.82. The van der Waals surface area contributed by atoms with Crippen molar-refractivity contribution in [3.05, 3.63) is 58.7 Å². The van der Waals surface area contributed by atoms with Crippen molar-refractivity contribution in [3.8, 4) is 5.75 Å². The summed E-state index contributed by atoms with van der Waals surface area (Å²) in [5.74, 6) is 0.894. The van der Waals surface area contributed by atoms with Crippen molar-refractivity contribution < 1.29 is 4.74 Å². The molecule has 0 saturated carbocycles. The summed E-state index contributed by atoms with van der Waals surface area (Å²) in [7, 11) is 0. The van der Waals surface area contributed by atoms with Gasteiger partial charge in [-0.2, -0.15) is 0 Å². The molecule has 0 spiro atoms. The second-order valence-corrected chi connectivity index (χ2v) is 5.86. The quantitative estimate of drug-likeness (QED) is 0.711. The Bertz CT molecular complexity index is 780. The van der Waals surface area contributed by atoms with E-state index in [0.717, 1.165) is 28.0 Å². The zero-order valence-corrected chi connectivity index (χ0v) is 13.4. The summed E-state index contributed by atoms with van der Waals surface area (Å²) in [5, 5.41) is 1.21. The molecule has 0 unspecified atom stereocenters. The Morgan fingerprint density at radius 2 is 2.00 bits per heavy atom. The molecular weight excluding hydrogens is 328 g/mol. The number of ether oxygens (including phenoxy) is 1. The Hall–Kier alpha value is -1.94. The minimum atomic E-state index is 0.649. The highest BCUT2D eigenvalue weighted by Gasteiger charge is 2.07. The molecule has 108 valence electrons. The summed E-state index contributed by atoms with van der Waals surface area (Å²) in [6, 6.07) is 14.2. The average Bonchev–Trinajstić information content (AvgIpc) is 2.84. The standard InChI is InChI=1S/C17H17BrN2O/c1-2-21-17-6-4-15(19)10-13(17)11-20-8-7-12-9-14(18)3-5-16(12)20/h3-10H,2,11,19H2,1H3. The first-order valence-electron chi connectivity index (χ1n) is 6.93. The Morgan fingerprint density at radius 3 is 2.81 bits per heavy atom. The molecule has 3 nitrogen and oxygen atoms in total. The molecule has 0 saturated heterocycles. The van der Waals surface area contributed by atoms with E-state index in [0.29, 0.717) is 6.61 Å². The van der Waals surface area contributed by atoms with E-state index in [9.17, 15) is 0 Å². The van der Waals surface area contributed by atoms with Crippen LogP contribution in [0.3, 0.4) is 0 Å². The maximum atomic E-state index is 5.91. The maximum absolute atomic E-state index is 5.91. The summed E-state index contributed by atoms with van der Waals surface area (Å²) in [5.41, 5.74) is 8.96. The summed E-state index contributed by atoms with van der Waals surface area (Å²) < 4.78 is 8.99. The maximum Gasteiger partial charge on any atom is 0.124 e. The van der Waals surface area contributed by atoms with Gasteiger partial charge in [0.2, 0.25) is 0 Å². The number of nitrogens with zero attached hydrogens (tertiary/aromatic N) is 1. The molecule has 0 aliphatic rings. The van der Waals surface area contributed by atoms with E-state index in [1.54, 1.807) is 0 Å². The fraction of sp³-hybridized carbons (Fsp3) is 0.176. The molecule has 1 heterocycles. The Balaban J connectivity index is 2.00. The number of hydrogen-bond donors (Lipinski definition) is 1. The van der Waals surface area contributed by atoms with Gasteiger partial charge in [0.25, 0.3) is 0 Å². The van der Waals surface area contributed by atoms with E-state index in [1.807, 2.05) is 25.1 Å². The molecule has 3 aromatic rings. The summed E-state index contributed by atoms with van der Waals surface area (Å²) in [6.07, 6.45) is 2.09. The molecule has 0 atom stereocenters. The molecule has 3 rings (SSSR count). The summed E-state index contributed by atoms with van der Waals surface area (Å²) in [4.78, 5) is 0. The fourth-order valence-corrected chi connectivity index (χ4v) is 2.89. The molecule has 2 N–H and O–H groups in total. The highest BCUT2D eigenvalue weighted by Crippen LogP contribution is 2.26. The fourth-order valence-electron chi connectivity index (χ4n) is 2.51. The number of aromatic nitrogens is 1. The lowest BCUT2D eigenvalue weighted by molar-refractivity contribution is 0.336. The van der Waals surface area contributed by atoms with Gasteiger partial charge >= 0.3 is 0 Å². The minimum absolute atomic E-state index is 0.649. The van der Waals surface area contributed by atoms with Crippen molar-refractivity contribution >= 4 is 32.5 Å². The molecule has 0 aliphatic carbocycles. The van der Waals surface area contributed by atoms with Crippen LogP contribution in [0.25, 0.3) is 10.9 Å². The smallest absolute Gasteiger partial charge is 0.124 e. The molecule has 0 amide bonds. The highest BCUT2D eigenvalue weighted by molar-refractivity contribution is 9.10. The van der Waals surface area contributed by atoms with E-state index >= 15 is 0 Å². The van der Waals surface area contributed by atoms with Crippen molar-refractivity contribution in [3.63, 3.8) is 0 Å². The zero-order chi connectivity index (χ0) is 14.8. The van der Waals surface area contributed by atoms with E-state index in [2.05, 4.69) is 51.0 Å². The van der Waals surface area contributed by atoms with Crippen molar-refractivity contribution in [1.29, 1.82) is 0 Å². The van der Waals surface area contributed by atoms with Crippen molar-refractivity contribution in [1.82, 2.24) is 4.57 Å². The Morgan fingerprint density at radius 1 is 1.14 bits per heavy atom. The third-order valence-electron chi connectivity index (χ3n) is 3.46. The van der Waals surface area contributed by atoms with Gasteiger partial charge in [-0.1, -0.05) is 15.9 Å². The lowest BCUT2D eigenvalue weighted by atomic mass is 10.1. The van der Waals surface area contributed by atoms with Crippen LogP contribution in [-0.4, -0.2) is 11.2 Å². The van der Waals surface area contributed by atoms with Crippen molar-refractivity contribution in [2.24, 2.45) is 0 Å². The number of halogens is 1. The van der Waals surface area contributed by atoms with Crippen molar-refractivity contribution in [2.75, 3.05) is 12.3 Å². The lowest BCUT2D eigenvalue weighted by Gasteiger charge is -2.12. The van der Waals surface area contributed by atoms with Gasteiger partial charge in [0.05, 0.1) is 13.2 Å². The minimum Gasteiger partial charge on any atom is -0.494 e. The molecule has 0 bridgehead atoms. The summed E-state index contributed by atoms with van der Waals surface area (Å²) in [6.45, 7) is 3.38. The van der Waals surface area contributed by atoms with Gasteiger partial charge < -0.3 is 15.0 Å². The van der Waals surface area contributed by atoms with Crippen LogP contribution in [-0.2, 0) is 6.54 Å². The lowest BCUT2D eigenvalue weighted by Crippen LogP contribution is -2.03. The van der Waals surface area contributed by atoms with Crippen LogP contribution in [0.2, 0.25) is 0 Å². The van der Waals surface area contributed by atoms with Crippen LogP contribution >= 0.6 is 15.9 Å². The van der Waals surface area contributed by atoms with Crippen LogP contribution in [0.15, 0.2) is 53.1 Å². The number of nitrogens with two attached hydrogens (primary N) is 1. The van der Waals surface area contributed by atoms with Gasteiger partial charge in [0, 0.05) is 32.8 Å². The molecule has 4 heteroatoms. The van der Waals surface area contributed by atoms with Gasteiger partial charge in [0.15, 0.2) is 0 Å². The highest BCUT2D eigenvalue weighted by atomic mass is 79.9. The first kappa shape index (κ1) is 14.0. The zero-order valence-electron chi connectivity index (χ0n) is 11.8. The Kier molecular flexibility index (Phi) is 3.88. The van der Waals surface area contributed by atoms with Gasteiger partial charge in [-0.05, 0) is 49.4 Å². The van der Waals surface area contributed by atoms with E-state index in [4.69, 9.17) is 10.5 Å². The number of benzene rings is 2. The van der Waals surface area contributed by atoms with Gasteiger partial charge in [0.1, 0.15) is 5.75 Å². The van der Waals surface area contributed by atoms with E-state index in [-0.39, 0.29) is 0 Å². The van der Waals surface area contributed by atoms with Crippen molar-refractivity contribution in [2.45, 2.75) is 13.5 Å². The molecule has 2 aromatic carbocycles. The van der Waals surface area contributed by atoms with Crippen LogP contribution in [0, 0.1) is 0 Å². The summed E-state index contributed by atoms with van der Waals surface area (Å²) >= 11 is 3.50. The third kappa shape index (κ3) is 2.90. The largest absolute Gasteiger partial charge is 0.494 e. The van der Waals surface area contributed by atoms with Crippen LogP contribution in [0.5, 0.6) is 5.75 Å². The van der Waals surface area contributed by atoms with E-state index in [1.165, 1.54) is 10.9 Å². The monoisotopic (exact) mass is 344 g/mol. The van der Waals surface area contributed by atoms with E-state index < -0.39 is 0 Å². The SMILES string of the molecule is CCOc1ccc(N)cc1Cn1ccc2cc(Br)ccc21. The topological polar surface area (TPSA) is 40.2 Å². The number of fused-ring (bicyclic) bond motifs is 1. The third-order valence-corrected chi connectivity index (χ3v) is 3.95. The average molecular weight is 345 g/mol. The molecule has 0 aliphatic heterocycles. The molecular formula is C17H17BrN2O. The van der Waals surface area contributed by atoms with Gasteiger partial charge in [-0.15, -0.1) is 0 Å². The van der Waals surface area contributed by atoms with Crippen LogP contribution < -0.4 is 10.5 Å². The first-order chi connectivity index (χ1) is 10.2. The molecule has 0 fully saturated rings. The van der Waals surface area contributed by atoms with Gasteiger partial charge in [-0.25, -0.2) is 0 Å². The number of anilines is 1.